The van der Waals surface area contributed by atoms with Crippen LogP contribution in [0.25, 0.3) is 0 Å². The maximum atomic E-state index is 12.3. The fourth-order valence-corrected chi connectivity index (χ4v) is 3.15. The zero-order chi connectivity index (χ0) is 18.9. The summed E-state index contributed by atoms with van der Waals surface area (Å²) in [6.07, 6.45) is 0. The summed E-state index contributed by atoms with van der Waals surface area (Å²) in [5, 5.41) is 9.31. The monoisotopic (exact) mass is 357 g/mol. The molecule has 0 radical (unpaired) electrons. The molecule has 0 N–H and O–H groups in total. The van der Waals surface area contributed by atoms with Crippen molar-refractivity contribution in [3.63, 3.8) is 0 Å². The van der Waals surface area contributed by atoms with Gasteiger partial charge in [-0.05, 0) is 6.07 Å². The second-order valence-electron chi connectivity index (χ2n) is 6.01. The topological polar surface area (TPSA) is 68.6 Å². The van der Waals surface area contributed by atoms with E-state index in [9.17, 15) is 10.1 Å². The number of nitrogens with zero attached hydrogens (tertiary/aromatic N) is 1. The standard InChI is InChI=1S/C22H15NO4/c1-25-21(24)18-12-15(14-23)13-19-20(18)27-22(26-19,16-8-4-2-5-9-16)17-10-6-3-7-11-17/h2-13H,1H3. The summed E-state index contributed by atoms with van der Waals surface area (Å²) in [7, 11) is 1.28. The molecule has 0 fully saturated rings. The van der Waals surface area contributed by atoms with Gasteiger partial charge in [-0.3, -0.25) is 0 Å². The van der Waals surface area contributed by atoms with Gasteiger partial charge in [0.2, 0.25) is 0 Å². The van der Waals surface area contributed by atoms with Gasteiger partial charge in [0, 0.05) is 17.2 Å². The van der Waals surface area contributed by atoms with E-state index in [1.54, 1.807) is 6.07 Å². The molecule has 0 spiro atoms. The van der Waals surface area contributed by atoms with Crippen LogP contribution in [0.3, 0.4) is 0 Å². The van der Waals surface area contributed by atoms with E-state index in [1.165, 1.54) is 13.2 Å². The molecule has 1 aliphatic heterocycles. The van der Waals surface area contributed by atoms with Crippen LogP contribution in [0.4, 0.5) is 0 Å². The van der Waals surface area contributed by atoms with Crippen molar-refractivity contribution >= 4 is 5.97 Å². The first-order valence-electron chi connectivity index (χ1n) is 8.33. The summed E-state index contributed by atoms with van der Waals surface area (Å²) in [6, 6.07) is 24.0. The predicted octanol–water partition coefficient (Wildman–Crippen LogP) is 4.02. The maximum Gasteiger partial charge on any atom is 0.341 e. The predicted molar refractivity (Wildman–Crippen MR) is 97.4 cm³/mol. The summed E-state index contributed by atoms with van der Waals surface area (Å²) in [5.74, 6) is -1.28. The van der Waals surface area contributed by atoms with E-state index in [0.29, 0.717) is 5.75 Å². The Morgan fingerprint density at radius 3 is 2.07 bits per heavy atom. The molecule has 0 amide bonds. The molecule has 0 atom stereocenters. The van der Waals surface area contributed by atoms with E-state index in [-0.39, 0.29) is 16.9 Å². The molecule has 1 heterocycles. The average molecular weight is 357 g/mol. The highest BCUT2D eigenvalue weighted by Crippen LogP contribution is 2.49. The number of hydrogen-bond donors (Lipinski definition) is 0. The second kappa shape index (κ2) is 6.50. The zero-order valence-corrected chi connectivity index (χ0v) is 14.5. The summed E-state index contributed by atoms with van der Waals surface area (Å²) in [4.78, 5) is 12.3. The van der Waals surface area contributed by atoms with Gasteiger partial charge in [0.25, 0.3) is 0 Å². The highest BCUT2D eigenvalue weighted by atomic mass is 16.7. The van der Waals surface area contributed by atoms with E-state index in [0.717, 1.165) is 11.1 Å². The third-order valence-corrected chi connectivity index (χ3v) is 4.40. The van der Waals surface area contributed by atoms with Crippen LogP contribution in [0.5, 0.6) is 11.5 Å². The van der Waals surface area contributed by atoms with Crippen LogP contribution in [-0.2, 0) is 10.5 Å². The van der Waals surface area contributed by atoms with Crippen LogP contribution >= 0.6 is 0 Å². The summed E-state index contributed by atoms with van der Waals surface area (Å²) >= 11 is 0. The van der Waals surface area contributed by atoms with Gasteiger partial charge in [-0.2, -0.15) is 5.26 Å². The Morgan fingerprint density at radius 2 is 1.56 bits per heavy atom. The summed E-state index contributed by atoms with van der Waals surface area (Å²) in [6.45, 7) is 0. The molecular formula is C22H15NO4. The van der Waals surface area contributed by atoms with Crippen LogP contribution in [0, 0.1) is 11.3 Å². The smallest absolute Gasteiger partial charge is 0.341 e. The van der Waals surface area contributed by atoms with Gasteiger partial charge in [-0.1, -0.05) is 60.7 Å². The highest BCUT2D eigenvalue weighted by Gasteiger charge is 2.47. The number of rotatable bonds is 3. The minimum Gasteiger partial charge on any atom is -0.465 e. The lowest BCUT2D eigenvalue weighted by atomic mass is 9.97. The molecule has 27 heavy (non-hydrogen) atoms. The van der Waals surface area contributed by atoms with E-state index >= 15 is 0 Å². The zero-order valence-electron chi connectivity index (χ0n) is 14.5. The van der Waals surface area contributed by atoms with Crippen LogP contribution in [-0.4, -0.2) is 13.1 Å². The Kier molecular flexibility index (Phi) is 4.02. The average Bonchev–Trinajstić information content (AvgIpc) is 3.14. The second-order valence-corrected chi connectivity index (χ2v) is 6.01. The highest BCUT2D eigenvalue weighted by molar-refractivity contribution is 5.94. The largest absolute Gasteiger partial charge is 0.465 e. The third kappa shape index (κ3) is 2.68. The fourth-order valence-electron chi connectivity index (χ4n) is 3.15. The maximum absolute atomic E-state index is 12.3. The van der Waals surface area contributed by atoms with Crippen molar-refractivity contribution in [1.29, 1.82) is 5.26 Å². The molecule has 3 aromatic rings. The van der Waals surface area contributed by atoms with Gasteiger partial charge in [-0.15, -0.1) is 0 Å². The molecule has 3 aromatic carbocycles. The number of esters is 1. The van der Waals surface area contributed by atoms with Gasteiger partial charge in [0.15, 0.2) is 11.5 Å². The quantitative estimate of drug-likeness (QED) is 0.662. The van der Waals surface area contributed by atoms with E-state index in [2.05, 4.69) is 0 Å². The number of fused-ring (bicyclic) bond motifs is 1. The van der Waals surface area contributed by atoms with Crippen molar-refractivity contribution in [2.45, 2.75) is 5.79 Å². The van der Waals surface area contributed by atoms with Crippen molar-refractivity contribution in [2.75, 3.05) is 7.11 Å². The van der Waals surface area contributed by atoms with Crippen molar-refractivity contribution in [3.05, 3.63) is 95.1 Å². The number of carbonyl (C=O) groups excluding carboxylic acids is 1. The molecule has 0 unspecified atom stereocenters. The SMILES string of the molecule is COC(=O)c1cc(C#N)cc2c1OC(c1ccccc1)(c1ccccc1)O2. The van der Waals surface area contributed by atoms with Crippen molar-refractivity contribution < 1.29 is 19.0 Å². The van der Waals surface area contributed by atoms with E-state index < -0.39 is 11.8 Å². The number of carbonyl (C=O) groups is 1. The lowest BCUT2D eigenvalue weighted by molar-refractivity contribution is -0.0462. The first-order valence-corrected chi connectivity index (χ1v) is 8.33. The molecule has 132 valence electrons. The number of hydrogen-bond acceptors (Lipinski definition) is 5. The molecule has 5 heteroatoms. The summed E-state index contributed by atoms with van der Waals surface area (Å²) in [5.41, 5.74) is 1.97. The third-order valence-electron chi connectivity index (χ3n) is 4.40. The van der Waals surface area contributed by atoms with E-state index in [1.807, 2.05) is 66.7 Å². The van der Waals surface area contributed by atoms with Crippen LogP contribution in [0.1, 0.15) is 27.0 Å². The molecule has 0 saturated heterocycles. The van der Waals surface area contributed by atoms with Gasteiger partial charge < -0.3 is 14.2 Å². The Bertz CT molecular complexity index is 1000. The Balaban J connectivity index is 1.94. The molecule has 4 rings (SSSR count). The van der Waals surface area contributed by atoms with Gasteiger partial charge in [0.1, 0.15) is 5.56 Å². The minimum atomic E-state index is -1.26. The molecule has 0 saturated carbocycles. The molecule has 0 bridgehead atoms. The van der Waals surface area contributed by atoms with Crippen LogP contribution < -0.4 is 9.47 Å². The minimum absolute atomic E-state index is 0.153. The number of methoxy groups -OCH3 is 1. The lowest BCUT2D eigenvalue weighted by Gasteiger charge is -2.28. The molecule has 0 aliphatic carbocycles. The fraction of sp³-hybridized carbons (Fsp3) is 0.0909. The normalized spacial score (nSPS) is 13.6. The molecular weight excluding hydrogens is 342 g/mol. The van der Waals surface area contributed by atoms with Crippen LogP contribution in [0.15, 0.2) is 72.8 Å². The number of nitriles is 1. The van der Waals surface area contributed by atoms with Gasteiger partial charge in [-0.25, -0.2) is 4.79 Å². The van der Waals surface area contributed by atoms with Crippen LogP contribution in [0.2, 0.25) is 0 Å². The van der Waals surface area contributed by atoms with Crippen molar-refractivity contribution in [1.82, 2.24) is 0 Å². The van der Waals surface area contributed by atoms with E-state index in [4.69, 9.17) is 14.2 Å². The van der Waals surface area contributed by atoms with Crippen molar-refractivity contribution in [3.8, 4) is 17.6 Å². The molecule has 5 nitrogen and oxygen atoms in total. The first-order chi connectivity index (χ1) is 13.2. The first kappa shape index (κ1) is 16.7. The van der Waals surface area contributed by atoms with Crippen molar-refractivity contribution in [2.24, 2.45) is 0 Å². The number of ether oxygens (including phenoxy) is 3. The Labute approximate surface area is 156 Å². The Morgan fingerprint density at radius 1 is 0.963 bits per heavy atom. The molecule has 1 aliphatic rings. The molecule has 0 aromatic heterocycles. The van der Waals surface area contributed by atoms with Gasteiger partial charge in [0.05, 0.1) is 18.7 Å². The van der Waals surface area contributed by atoms with Gasteiger partial charge >= 0.3 is 11.8 Å². The summed E-state index contributed by atoms with van der Waals surface area (Å²) < 4.78 is 17.4. The Hall–Kier alpha value is -3.78. The number of benzene rings is 3. The lowest BCUT2D eigenvalue weighted by Crippen LogP contribution is -2.36.